The normalized spacial score (nSPS) is 12.0. The summed E-state index contributed by atoms with van der Waals surface area (Å²) in [6.45, 7) is 9.52. The van der Waals surface area contributed by atoms with E-state index in [1.165, 1.54) is 0 Å². The first-order valence-electron chi connectivity index (χ1n) is 6.88. The van der Waals surface area contributed by atoms with Crippen LogP contribution in [0.5, 0.6) is 0 Å². The molecule has 0 saturated heterocycles. The van der Waals surface area contributed by atoms with Gasteiger partial charge in [0, 0.05) is 18.4 Å². The minimum Gasteiger partial charge on any atom is -0.565 e. The van der Waals surface area contributed by atoms with E-state index >= 15 is 0 Å². The molecule has 0 aliphatic rings. The van der Waals surface area contributed by atoms with Crippen LogP contribution in [-0.2, 0) is 11.7 Å². The molecule has 0 aromatic carbocycles. The SMILES string of the molecule is [B]OC(=C(C#N)n1nc(C)c(C)c1C)c1c(C)nn(C)c1C. The fraction of sp³-hybridized carbons (Fsp3) is 0.400. The van der Waals surface area contributed by atoms with Gasteiger partial charge in [0.25, 0.3) is 0 Å². The smallest absolute Gasteiger partial charge is 0.374 e. The molecule has 0 spiro atoms. The molecule has 22 heavy (non-hydrogen) atoms. The van der Waals surface area contributed by atoms with Crippen LogP contribution in [-0.4, -0.2) is 27.6 Å². The summed E-state index contributed by atoms with van der Waals surface area (Å²) < 4.78 is 8.36. The zero-order valence-electron chi connectivity index (χ0n) is 13.7. The first-order valence-corrected chi connectivity index (χ1v) is 6.88. The van der Waals surface area contributed by atoms with E-state index in [0.29, 0.717) is 5.56 Å². The molecule has 2 rings (SSSR count). The predicted octanol–water partition coefficient (Wildman–Crippen LogP) is 2.11. The fourth-order valence-electron chi connectivity index (χ4n) is 2.47. The maximum absolute atomic E-state index is 9.62. The summed E-state index contributed by atoms with van der Waals surface area (Å²) in [5.74, 6) is 0.274. The van der Waals surface area contributed by atoms with Gasteiger partial charge in [-0.2, -0.15) is 15.5 Å². The van der Waals surface area contributed by atoms with Crippen LogP contribution >= 0.6 is 0 Å². The third-order valence-corrected chi connectivity index (χ3v) is 4.04. The number of allylic oxidation sites excluding steroid dienone is 1. The molecule has 0 amide bonds. The van der Waals surface area contributed by atoms with Gasteiger partial charge in [0.1, 0.15) is 11.8 Å². The van der Waals surface area contributed by atoms with Gasteiger partial charge in [-0.15, -0.1) is 0 Å². The van der Waals surface area contributed by atoms with E-state index in [9.17, 15) is 5.26 Å². The van der Waals surface area contributed by atoms with Gasteiger partial charge < -0.3 is 4.65 Å². The summed E-state index contributed by atoms with van der Waals surface area (Å²) in [5.41, 5.74) is 5.34. The number of nitrogens with zero attached hydrogens (tertiary/aromatic N) is 5. The molecule has 0 aliphatic carbocycles. The van der Waals surface area contributed by atoms with Gasteiger partial charge in [0.2, 0.25) is 0 Å². The molecule has 0 unspecified atom stereocenters. The second-order valence-corrected chi connectivity index (χ2v) is 5.28. The van der Waals surface area contributed by atoms with Crippen molar-refractivity contribution < 1.29 is 4.65 Å². The quantitative estimate of drug-likeness (QED) is 0.494. The van der Waals surface area contributed by atoms with Crippen molar-refractivity contribution in [1.29, 1.82) is 5.26 Å². The van der Waals surface area contributed by atoms with E-state index in [4.69, 9.17) is 12.7 Å². The Morgan fingerprint density at radius 2 is 1.73 bits per heavy atom. The number of nitriles is 1. The lowest BCUT2D eigenvalue weighted by Gasteiger charge is -2.12. The Morgan fingerprint density at radius 1 is 1.09 bits per heavy atom. The number of rotatable bonds is 3. The van der Waals surface area contributed by atoms with Crippen LogP contribution in [0.1, 0.15) is 33.9 Å². The Hall–Kier alpha value is -2.49. The van der Waals surface area contributed by atoms with Crippen molar-refractivity contribution in [2.45, 2.75) is 34.6 Å². The van der Waals surface area contributed by atoms with Gasteiger partial charge in [-0.05, 0) is 40.2 Å². The van der Waals surface area contributed by atoms with Crippen LogP contribution in [0.2, 0.25) is 0 Å². The van der Waals surface area contributed by atoms with Gasteiger partial charge in [-0.3, -0.25) is 4.68 Å². The summed E-state index contributed by atoms with van der Waals surface area (Å²) in [6.07, 6.45) is 0. The number of aryl methyl sites for hydroxylation is 3. The van der Waals surface area contributed by atoms with Gasteiger partial charge in [-0.25, -0.2) is 4.68 Å². The lowest BCUT2D eigenvalue weighted by atomic mass is 10.1. The van der Waals surface area contributed by atoms with Crippen LogP contribution in [0, 0.1) is 45.9 Å². The average Bonchev–Trinajstić information content (AvgIpc) is 2.88. The third-order valence-electron chi connectivity index (χ3n) is 4.04. The van der Waals surface area contributed by atoms with Crippen molar-refractivity contribution in [3.05, 3.63) is 33.9 Å². The van der Waals surface area contributed by atoms with Gasteiger partial charge >= 0.3 is 8.05 Å². The van der Waals surface area contributed by atoms with Gasteiger partial charge in [0.15, 0.2) is 5.70 Å². The van der Waals surface area contributed by atoms with Gasteiger partial charge in [-0.1, -0.05) is 0 Å². The molecule has 7 heteroatoms. The summed E-state index contributed by atoms with van der Waals surface area (Å²) >= 11 is 0. The molecule has 0 aliphatic heterocycles. The summed E-state index contributed by atoms with van der Waals surface area (Å²) in [7, 11) is 7.31. The largest absolute Gasteiger partial charge is 0.565 e. The monoisotopic (exact) mass is 295 g/mol. The van der Waals surface area contributed by atoms with Crippen molar-refractivity contribution >= 4 is 19.5 Å². The van der Waals surface area contributed by atoms with E-state index in [0.717, 1.165) is 28.3 Å². The highest BCUT2D eigenvalue weighted by atomic mass is 16.4. The van der Waals surface area contributed by atoms with Crippen molar-refractivity contribution in [1.82, 2.24) is 19.6 Å². The van der Waals surface area contributed by atoms with Crippen LogP contribution in [0.3, 0.4) is 0 Å². The highest BCUT2D eigenvalue weighted by Gasteiger charge is 2.22. The summed E-state index contributed by atoms with van der Waals surface area (Å²) in [5, 5.41) is 18.4. The Kier molecular flexibility index (Phi) is 4.13. The average molecular weight is 295 g/mol. The molecular formula is C15H18BN5O. The predicted molar refractivity (Wildman–Crippen MR) is 84.7 cm³/mol. The Bertz CT molecular complexity index is 807. The molecule has 0 N–H and O–H groups in total. The van der Waals surface area contributed by atoms with Crippen molar-refractivity contribution in [2.75, 3.05) is 0 Å². The maximum atomic E-state index is 9.62. The zero-order valence-corrected chi connectivity index (χ0v) is 13.7. The number of hydrogen-bond acceptors (Lipinski definition) is 4. The Morgan fingerprint density at radius 3 is 2.09 bits per heavy atom. The molecule has 0 fully saturated rings. The topological polar surface area (TPSA) is 68.7 Å². The third kappa shape index (κ3) is 2.31. The molecular weight excluding hydrogens is 277 g/mol. The van der Waals surface area contributed by atoms with E-state index in [1.54, 1.807) is 9.36 Å². The second kappa shape index (κ2) is 5.72. The maximum Gasteiger partial charge on any atom is 0.374 e. The summed E-state index contributed by atoms with van der Waals surface area (Å²) in [6, 6.07) is 2.15. The molecule has 2 radical (unpaired) electrons. The van der Waals surface area contributed by atoms with E-state index in [2.05, 4.69) is 16.3 Å². The lowest BCUT2D eigenvalue weighted by molar-refractivity contribution is 0.568. The summed E-state index contributed by atoms with van der Waals surface area (Å²) in [4.78, 5) is 0. The van der Waals surface area contributed by atoms with Crippen LogP contribution < -0.4 is 0 Å². The number of hydrogen-bond donors (Lipinski definition) is 0. The number of aromatic nitrogens is 4. The van der Waals surface area contributed by atoms with Crippen molar-refractivity contribution in [2.24, 2.45) is 7.05 Å². The highest BCUT2D eigenvalue weighted by molar-refractivity contribution is 6.05. The molecule has 6 nitrogen and oxygen atoms in total. The minimum absolute atomic E-state index is 0.246. The molecule has 2 heterocycles. The Labute approximate surface area is 131 Å². The molecule has 2 aromatic rings. The van der Waals surface area contributed by atoms with Gasteiger partial charge in [0.05, 0.1) is 17.0 Å². The molecule has 2 aromatic heterocycles. The van der Waals surface area contributed by atoms with Crippen LogP contribution in [0.4, 0.5) is 0 Å². The second-order valence-electron chi connectivity index (χ2n) is 5.28. The first-order chi connectivity index (χ1) is 10.3. The molecule has 112 valence electrons. The Balaban J connectivity index is 2.80. The van der Waals surface area contributed by atoms with E-state index in [-0.39, 0.29) is 11.5 Å². The van der Waals surface area contributed by atoms with Crippen molar-refractivity contribution in [3.8, 4) is 6.07 Å². The fourth-order valence-corrected chi connectivity index (χ4v) is 2.47. The zero-order chi connectivity index (χ0) is 16.6. The first kappa shape index (κ1) is 15.9. The molecule has 0 atom stereocenters. The van der Waals surface area contributed by atoms with E-state index < -0.39 is 0 Å². The van der Waals surface area contributed by atoms with Crippen LogP contribution in [0.25, 0.3) is 11.5 Å². The molecule has 0 bridgehead atoms. The highest BCUT2D eigenvalue weighted by Crippen LogP contribution is 2.28. The molecule has 0 saturated carbocycles. The van der Waals surface area contributed by atoms with Crippen molar-refractivity contribution in [3.63, 3.8) is 0 Å². The van der Waals surface area contributed by atoms with E-state index in [1.807, 2.05) is 41.7 Å². The van der Waals surface area contributed by atoms with Crippen LogP contribution in [0.15, 0.2) is 0 Å². The minimum atomic E-state index is 0.246. The lowest BCUT2D eigenvalue weighted by Crippen LogP contribution is -2.06. The standard InChI is InChI=1S/C15H18BN5O/c1-8-9(2)19-21(11(8)4)13(7-17)15(22-16)14-10(3)18-20(6)12(14)5/h1-6H3.